The number of aryl methyl sites for hydroxylation is 2. The number of nitrogens with two attached hydrogens (primary N) is 1. The molecular formula is C21H26N3O4+. The number of piperidine rings is 1. The number of hydrogen-bond donors (Lipinski definition) is 1. The molecular weight excluding hydrogens is 358 g/mol. The highest BCUT2D eigenvalue weighted by Gasteiger charge is 2.66. The molecule has 28 heavy (non-hydrogen) atoms. The second-order valence-electron chi connectivity index (χ2n) is 8.24. The van der Waals surface area contributed by atoms with Crippen LogP contribution < -0.4 is 5.32 Å². The predicted octanol–water partition coefficient (Wildman–Crippen LogP) is 2.98. The molecule has 4 atom stereocenters. The zero-order valence-corrected chi connectivity index (χ0v) is 16.5. The van der Waals surface area contributed by atoms with Crippen molar-refractivity contribution in [2.45, 2.75) is 51.9 Å². The first-order chi connectivity index (χ1) is 13.2. The molecule has 1 saturated heterocycles. The van der Waals surface area contributed by atoms with Gasteiger partial charge in [-0.25, -0.2) is 0 Å². The van der Waals surface area contributed by atoms with Crippen LogP contribution >= 0.6 is 0 Å². The fraction of sp³-hybridized carbons (Fsp3) is 0.429. The lowest BCUT2D eigenvalue weighted by molar-refractivity contribution is -0.819. The maximum atomic E-state index is 12.1. The van der Waals surface area contributed by atoms with Gasteiger partial charge in [-0.15, -0.1) is 0 Å². The third kappa shape index (κ3) is 3.26. The summed E-state index contributed by atoms with van der Waals surface area (Å²) in [4.78, 5) is 23.5. The summed E-state index contributed by atoms with van der Waals surface area (Å²) >= 11 is 0. The fourth-order valence-electron chi connectivity index (χ4n) is 4.81. The van der Waals surface area contributed by atoms with E-state index in [1.54, 1.807) is 13.8 Å². The second kappa shape index (κ2) is 7.31. The van der Waals surface area contributed by atoms with E-state index in [-0.39, 0.29) is 9.85 Å². The van der Waals surface area contributed by atoms with Gasteiger partial charge in [-0.3, -0.25) is 20.2 Å². The summed E-state index contributed by atoms with van der Waals surface area (Å²) in [6.07, 6.45) is 0. The van der Waals surface area contributed by atoms with Gasteiger partial charge in [0, 0.05) is 21.0 Å². The minimum Gasteiger partial charge on any atom is -0.322 e. The molecule has 0 unspecified atom stereocenters. The number of hydrogen-bond acceptors (Lipinski definition) is 4. The van der Waals surface area contributed by atoms with Crippen LogP contribution in [0.15, 0.2) is 48.5 Å². The first-order valence-electron chi connectivity index (χ1n) is 9.39. The third-order valence-electron chi connectivity index (χ3n) is 6.17. The summed E-state index contributed by atoms with van der Waals surface area (Å²) in [5.74, 6) is 0. The Hall–Kier alpha value is -2.80. The summed E-state index contributed by atoms with van der Waals surface area (Å²) in [5.41, 5.74) is 2.49. The van der Waals surface area contributed by atoms with Gasteiger partial charge in [-0.1, -0.05) is 48.5 Å². The standard InChI is InChI=1S/C21H25N3O4/c1-13-9-5-7-11-15(13)17-19(23(25)26)21(3,4)20(24(27)28)18(22-17)16-12-8-6-10-14(16)2/h5-12,17-20,22H,1-4H3/p+1/t17-,18-,19+,20+/m0/s1. The Kier molecular flexibility index (Phi) is 5.21. The Morgan fingerprint density at radius 1 is 0.786 bits per heavy atom. The molecule has 2 aromatic carbocycles. The zero-order valence-electron chi connectivity index (χ0n) is 16.5. The van der Waals surface area contributed by atoms with Crippen LogP contribution in [0.5, 0.6) is 0 Å². The topological polar surface area (TPSA) is 103 Å². The van der Waals surface area contributed by atoms with Gasteiger partial charge in [0.05, 0.1) is 0 Å². The normalized spacial score (nSPS) is 26.6. The summed E-state index contributed by atoms with van der Waals surface area (Å²) in [5, 5.41) is 26.1. The van der Waals surface area contributed by atoms with Gasteiger partial charge in [0.1, 0.15) is 5.41 Å². The van der Waals surface area contributed by atoms with Crippen LogP contribution in [0.3, 0.4) is 0 Å². The van der Waals surface area contributed by atoms with Gasteiger partial charge in [0.15, 0.2) is 12.1 Å². The van der Waals surface area contributed by atoms with Crippen LogP contribution in [0, 0.1) is 39.5 Å². The lowest BCUT2D eigenvalue weighted by Crippen LogP contribution is -2.96. The molecule has 0 spiro atoms. The van der Waals surface area contributed by atoms with Gasteiger partial charge in [0.25, 0.3) is 12.1 Å². The number of nitro groups is 2. The molecule has 2 N–H and O–H groups in total. The molecule has 1 aliphatic heterocycles. The zero-order chi connectivity index (χ0) is 20.6. The Balaban J connectivity index is 2.21. The van der Waals surface area contributed by atoms with Gasteiger partial charge in [0.2, 0.25) is 0 Å². The largest absolute Gasteiger partial charge is 0.322 e. The molecule has 1 fully saturated rings. The first-order valence-corrected chi connectivity index (χ1v) is 9.39. The maximum absolute atomic E-state index is 12.1. The van der Waals surface area contributed by atoms with Crippen LogP contribution in [0.4, 0.5) is 0 Å². The van der Waals surface area contributed by atoms with Crippen LogP contribution in [0.25, 0.3) is 0 Å². The predicted molar refractivity (Wildman–Crippen MR) is 105 cm³/mol. The van der Waals surface area contributed by atoms with Gasteiger partial charge >= 0.3 is 0 Å². The number of quaternary nitrogens is 1. The Bertz CT molecular complexity index is 841. The summed E-state index contributed by atoms with van der Waals surface area (Å²) in [7, 11) is 0. The van der Waals surface area contributed by atoms with Crippen molar-refractivity contribution in [2.75, 3.05) is 0 Å². The van der Waals surface area contributed by atoms with E-state index in [1.807, 2.05) is 67.7 Å². The minimum atomic E-state index is -1.14. The van der Waals surface area contributed by atoms with Crippen LogP contribution in [-0.2, 0) is 0 Å². The molecule has 1 heterocycles. The van der Waals surface area contributed by atoms with Gasteiger partial charge in [-0.2, -0.15) is 0 Å². The Morgan fingerprint density at radius 3 is 1.46 bits per heavy atom. The highest BCUT2D eigenvalue weighted by molar-refractivity contribution is 5.32. The van der Waals surface area contributed by atoms with Crippen molar-refractivity contribution in [2.24, 2.45) is 5.41 Å². The molecule has 2 aromatic rings. The van der Waals surface area contributed by atoms with Crippen LogP contribution in [0.2, 0.25) is 0 Å². The van der Waals surface area contributed by atoms with Crippen molar-refractivity contribution in [1.82, 2.24) is 0 Å². The van der Waals surface area contributed by atoms with E-state index in [0.717, 1.165) is 22.3 Å². The lowest BCUT2D eigenvalue weighted by atomic mass is 9.66. The number of benzene rings is 2. The van der Waals surface area contributed by atoms with E-state index in [0.29, 0.717) is 0 Å². The molecule has 148 valence electrons. The van der Waals surface area contributed by atoms with E-state index >= 15 is 0 Å². The van der Waals surface area contributed by atoms with E-state index in [2.05, 4.69) is 0 Å². The van der Waals surface area contributed by atoms with Crippen molar-refractivity contribution in [3.63, 3.8) is 0 Å². The SMILES string of the molecule is Cc1ccccc1[C@@H]1[NH2+][C@@H](c2ccccc2C)[C@@H]([N+](=O)[O-])C(C)(C)[C@@H]1[N+](=O)[O-]. The number of nitrogens with zero attached hydrogens (tertiary/aromatic N) is 2. The molecule has 3 rings (SSSR count). The Labute approximate surface area is 164 Å². The quantitative estimate of drug-likeness (QED) is 0.646. The molecule has 0 aliphatic carbocycles. The molecule has 0 amide bonds. The molecule has 7 nitrogen and oxygen atoms in total. The molecule has 7 heteroatoms. The average Bonchev–Trinajstić information content (AvgIpc) is 2.60. The van der Waals surface area contributed by atoms with Gasteiger partial charge < -0.3 is 5.32 Å². The minimum absolute atomic E-state index is 0.335. The maximum Gasteiger partial charge on any atom is 0.279 e. The summed E-state index contributed by atoms with van der Waals surface area (Å²) in [6, 6.07) is 12.0. The highest BCUT2D eigenvalue weighted by Crippen LogP contribution is 2.43. The molecule has 1 aliphatic rings. The molecule has 0 saturated carbocycles. The Morgan fingerprint density at radius 2 is 1.14 bits per heavy atom. The second-order valence-corrected chi connectivity index (χ2v) is 8.24. The van der Waals surface area contributed by atoms with Crippen molar-refractivity contribution in [3.8, 4) is 0 Å². The smallest absolute Gasteiger partial charge is 0.279 e. The first kappa shape index (κ1) is 19.9. The van der Waals surface area contributed by atoms with Crippen LogP contribution in [0.1, 0.15) is 48.2 Å². The third-order valence-corrected chi connectivity index (χ3v) is 6.17. The lowest BCUT2D eigenvalue weighted by Gasteiger charge is -2.42. The van der Waals surface area contributed by atoms with E-state index in [4.69, 9.17) is 0 Å². The monoisotopic (exact) mass is 384 g/mol. The fourth-order valence-corrected chi connectivity index (χ4v) is 4.81. The average molecular weight is 384 g/mol. The van der Waals surface area contributed by atoms with Crippen molar-refractivity contribution < 1.29 is 15.2 Å². The molecule has 0 bridgehead atoms. The van der Waals surface area contributed by atoms with Crippen LogP contribution in [-0.4, -0.2) is 21.9 Å². The van der Waals surface area contributed by atoms with Gasteiger partial charge in [-0.05, 0) is 38.8 Å². The summed E-state index contributed by atoms with van der Waals surface area (Å²) in [6.45, 7) is 7.18. The van der Waals surface area contributed by atoms with E-state index in [1.165, 1.54) is 0 Å². The van der Waals surface area contributed by atoms with Crippen molar-refractivity contribution in [3.05, 3.63) is 91.0 Å². The molecule has 0 aromatic heterocycles. The highest BCUT2D eigenvalue weighted by atomic mass is 16.6. The van der Waals surface area contributed by atoms with E-state index < -0.39 is 29.6 Å². The summed E-state index contributed by atoms with van der Waals surface area (Å²) < 4.78 is 0. The van der Waals surface area contributed by atoms with E-state index in [9.17, 15) is 20.2 Å². The van der Waals surface area contributed by atoms with Crippen molar-refractivity contribution >= 4 is 0 Å². The van der Waals surface area contributed by atoms with Crippen molar-refractivity contribution in [1.29, 1.82) is 0 Å². The number of rotatable bonds is 4. The molecule has 0 radical (unpaired) electrons.